The Morgan fingerprint density at radius 3 is 1.93 bits per heavy atom. The number of benzene rings is 3. The van der Waals surface area contributed by atoms with E-state index in [9.17, 15) is 68.8 Å². The summed E-state index contributed by atoms with van der Waals surface area (Å²) in [6.45, 7) is 5.36. The first-order valence-electron chi connectivity index (χ1n) is 36.3. The Morgan fingerprint density at radius 2 is 1.28 bits per heavy atom. The fourth-order valence-electron chi connectivity index (χ4n) is 15.7. The Kier molecular flexibility index (Phi) is 25.2. The van der Waals surface area contributed by atoms with Crippen molar-refractivity contribution in [2.75, 3.05) is 26.2 Å². The highest BCUT2D eigenvalue weighted by molar-refractivity contribution is 5.89. The van der Waals surface area contributed by atoms with Gasteiger partial charge in [0, 0.05) is 49.0 Å². The summed E-state index contributed by atoms with van der Waals surface area (Å²) in [4.78, 5) is 59.9. The van der Waals surface area contributed by atoms with Crippen LogP contribution in [0.5, 0.6) is 0 Å². The molecule has 3 saturated carbocycles. The number of halogens is 2. The zero-order chi connectivity index (χ0) is 72.8. The van der Waals surface area contributed by atoms with Crippen LogP contribution < -0.4 is 5.32 Å². The number of nitrogens with one attached hydrogen (secondary N) is 1. The molecule has 4 aliphatic heterocycles. The second-order valence-corrected chi connectivity index (χ2v) is 28.6. The molecule has 2 aromatic heterocycles. The van der Waals surface area contributed by atoms with Crippen LogP contribution in [0.25, 0.3) is 22.5 Å². The number of ketones is 1. The third-order valence-electron chi connectivity index (χ3n) is 21.8. The minimum absolute atomic E-state index is 0.0118. The Morgan fingerprint density at radius 1 is 0.631 bits per heavy atom. The van der Waals surface area contributed by atoms with Crippen LogP contribution in [0.3, 0.4) is 0 Å². The summed E-state index contributed by atoms with van der Waals surface area (Å²) in [5, 5.41) is 112. The maximum Gasteiger partial charge on any atom is 0.338 e. The largest absolute Gasteiger partial charge is 0.450 e. The summed E-state index contributed by atoms with van der Waals surface area (Å²) in [7, 11) is 0. The van der Waals surface area contributed by atoms with Crippen molar-refractivity contribution in [1.82, 2.24) is 40.2 Å². The van der Waals surface area contributed by atoms with E-state index in [0.29, 0.717) is 37.1 Å². The molecule has 3 aromatic carbocycles. The van der Waals surface area contributed by atoms with E-state index in [1.807, 2.05) is 6.92 Å². The number of rotatable bonds is 26. The fourth-order valence-corrected chi connectivity index (χ4v) is 15.7. The molecule has 4 saturated heterocycles. The maximum absolute atomic E-state index is 14.9. The summed E-state index contributed by atoms with van der Waals surface area (Å²) in [5.41, 5.74) is 1.44. The van der Waals surface area contributed by atoms with E-state index in [-0.39, 0.29) is 86.1 Å². The van der Waals surface area contributed by atoms with Crippen molar-refractivity contribution in [2.24, 2.45) is 23.7 Å². The van der Waals surface area contributed by atoms with Crippen LogP contribution in [0.15, 0.2) is 91.3 Å². The van der Waals surface area contributed by atoms with Crippen molar-refractivity contribution in [3.8, 4) is 22.5 Å². The number of esters is 1. The first kappa shape index (κ1) is 75.9. The molecule has 7 aliphatic rings. The lowest BCUT2D eigenvalue weighted by Gasteiger charge is -2.49. The van der Waals surface area contributed by atoms with Gasteiger partial charge >= 0.3 is 5.97 Å². The van der Waals surface area contributed by atoms with Crippen LogP contribution in [0, 0.1) is 35.3 Å². The topological polar surface area (TPSA) is 381 Å². The van der Waals surface area contributed by atoms with E-state index in [1.54, 1.807) is 42.2 Å². The number of hydrogen-bond donors (Lipinski definition) is 9. The molecule has 24 atom stereocenters. The van der Waals surface area contributed by atoms with Crippen LogP contribution in [-0.2, 0) is 52.3 Å². The van der Waals surface area contributed by atoms with Crippen molar-refractivity contribution in [3.63, 3.8) is 0 Å². The quantitative estimate of drug-likeness (QED) is 0.0279. The molecule has 103 heavy (non-hydrogen) atoms. The highest BCUT2D eigenvalue weighted by Crippen LogP contribution is 2.44. The summed E-state index contributed by atoms with van der Waals surface area (Å²) >= 11 is 0. The Balaban J connectivity index is 0.775. The number of aliphatic hydroxyl groups excluding tert-OH is 8. The van der Waals surface area contributed by atoms with E-state index in [0.717, 1.165) is 38.5 Å². The Bertz CT molecular complexity index is 3630. The minimum Gasteiger partial charge on any atom is -0.450 e. The SMILES string of the molecule is CCC1O[C@@H](O[C@@H]2C[C@@H](C(=O)NCCCC(=O)C3C[C@@H](CC)C(O[C@@H]4OC(C)[C@@H](O)[C@H](O)C4O)[C@H](O[C@@H]4O[C@@H](CO)[C@H](O)C(O[C@@H](CC5CCCCC5)C(=O)N5CCC5)C4OC(=O)c4ccccc4)C3)CC(n3cc(-c4cccc(F)c4)nn3)C2O)C(O)[C@H](n2cc(-c3cccc(F)c3)nn2)[C@H]1O. The number of carbonyl (C=O) groups is 4. The van der Waals surface area contributed by atoms with Crippen LogP contribution in [0.4, 0.5) is 8.78 Å². The van der Waals surface area contributed by atoms with Gasteiger partial charge in [0.15, 0.2) is 25.0 Å². The van der Waals surface area contributed by atoms with E-state index >= 15 is 0 Å². The second kappa shape index (κ2) is 34.2. The molecule has 9 N–H and O–H groups in total. The van der Waals surface area contributed by atoms with Gasteiger partial charge in [0.1, 0.15) is 95.9 Å². The molecular weight excluding hydrogens is 1350 g/mol. The second-order valence-electron chi connectivity index (χ2n) is 28.6. The van der Waals surface area contributed by atoms with Crippen molar-refractivity contribution < 1.29 is 107 Å². The smallest absolute Gasteiger partial charge is 0.338 e. The van der Waals surface area contributed by atoms with Crippen molar-refractivity contribution >= 4 is 23.6 Å². The van der Waals surface area contributed by atoms with Gasteiger partial charge in [0.05, 0.1) is 61.1 Å². The van der Waals surface area contributed by atoms with Gasteiger partial charge in [-0.25, -0.2) is 22.9 Å². The number of ether oxygens (including phenoxy) is 8. The first-order valence-corrected chi connectivity index (χ1v) is 36.3. The zero-order valence-electron chi connectivity index (χ0n) is 57.9. The average molecular weight is 1440 g/mol. The molecule has 6 heterocycles. The van der Waals surface area contributed by atoms with Crippen LogP contribution in [0.1, 0.15) is 140 Å². The van der Waals surface area contributed by atoms with Gasteiger partial charge in [0.25, 0.3) is 5.91 Å². The molecule has 12 rings (SSSR count). The monoisotopic (exact) mass is 1440 g/mol. The molecule has 562 valence electrons. The van der Waals surface area contributed by atoms with Gasteiger partial charge in [-0.1, -0.05) is 105 Å². The molecule has 3 aliphatic carbocycles. The number of likely N-dealkylation sites (tertiary alicyclic amines) is 1. The van der Waals surface area contributed by atoms with E-state index < -0.39 is 176 Å². The maximum atomic E-state index is 14.9. The minimum atomic E-state index is -1.75. The summed E-state index contributed by atoms with van der Waals surface area (Å²) in [6.07, 6.45) is -17.4. The van der Waals surface area contributed by atoms with Crippen LogP contribution >= 0.6 is 0 Å². The van der Waals surface area contributed by atoms with E-state index in [2.05, 4.69) is 25.9 Å². The van der Waals surface area contributed by atoms with Gasteiger partial charge in [-0.05, 0) is 107 Å². The van der Waals surface area contributed by atoms with Gasteiger partial charge < -0.3 is 89.0 Å². The normalized spacial score (nSPS) is 34.7. The van der Waals surface area contributed by atoms with Gasteiger partial charge in [-0.15, -0.1) is 10.2 Å². The Hall–Kier alpha value is -6.72. The molecule has 0 spiro atoms. The van der Waals surface area contributed by atoms with Gasteiger partial charge in [0.2, 0.25) is 5.91 Å². The number of Topliss-reactive ketones (excluding diaryl/α,β-unsaturated/α-hetero) is 1. The molecule has 5 aromatic rings. The third-order valence-corrected chi connectivity index (χ3v) is 21.8. The molecule has 0 bridgehead atoms. The third kappa shape index (κ3) is 17.4. The predicted octanol–water partition coefficient (Wildman–Crippen LogP) is 4.04. The van der Waals surface area contributed by atoms with Crippen molar-refractivity contribution in [3.05, 3.63) is 108 Å². The average Bonchev–Trinajstić information content (AvgIpc) is 1.51. The Labute approximate surface area is 594 Å². The summed E-state index contributed by atoms with van der Waals surface area (Å²) < 4.78 is 83.2. The summed E-state index contributed by atoms with van der Waals surface area (Å²) in [5.74, 6) is -5.01. The molecule has 7 fully saturated rings. The molecule has 28 nitrogen and oxygen atoms in total. The van der Waals surface area contributed by atoms with Gasteiger partial charge in [-0.3, -0.25) is 14.4 Å². The molecule has 2 amide bonds. The number of nitrogens with zero attached hydrogens (tertiary/aromatic N) is 7. The lowest BCUT2D eigenvalue weighted by atomic mass is 9.74. The molecule has 10 unspecified atom stereocenters. The van der Waals surface area contributed by atoms with Crippen LogP contribution in [-0.4, -0.2) is 242 Å². The number of carbonyl (C=O) groups excluding carboxylic acids is 4. The first-order chi connectivity index (χ1) is 49.7. The molecule has 30 heteroatoms. The molecular formula is C73H96F2N8O20. The highest BCUT2D eigenvalue weighted by Gasteiger charge is 2.55. The molecule has 0 radical (unpaired) electrons. The lowest BCUT2D eigenvalue weighted by Crippen LogP contribution is -2.64. The van der Waals surface area contributed by atoms with E-state index in [4.69, 9.17) is 37.9 Å². The number of amides is 2. The number of aromatic nitrogens is 6. The fraction of sp³-hybridized carbons (Fsp3) is 0.644. The summed E-state index contributed by atoms with van der Waals surface area (Å²) in [6, 6.07) is 17.2. The zero-order valence-corrected chi connectivity index (χ0v) is 57.9. The van der Waals surface area contributed by atoms with Crippen LogP contribution in [0.2, 0.25) is 0 Å². The lowest BCUT2D eigenvalue weighted by molar-refractivity contribution is -0.349. The van der Waals surface area contributed by atoms with Gasteiger partial charge in [-0.2, -0.15) is 0 Å². The number of aliphatic hydroxyl groups is 8. The van der Waals surface area contributed by atoms with E-state index in [1.165, 1.54) is 77.2 Å². The predicted molar refractivity (Wildman–Crippen MR) is 358 cm³/mol. The van der Waals surface area contributed by atoms with Crippen molar-refractivity contribution in [2.45, 2.75) is 246 Å². The highest BCUT2D eigenvalue weighted by atomic mass is 19.1. The van der Waals surface area contributed by atoms with Crippen molar-refractivity contribution in [1.29, 1.82) is 0 Å². The number of hydrogen-bond acceptors (Lipinski definition) is 24. The standard InChI is InChI=1S/C73H96F2N8O20/c1-4-40-29-44(33-54(65(40)103-72-64(92)63(91)58(86)38(3)96-72)100-73-67(102-70(95)41-18-10-7-11-19-41)66(61(89)56(37-84)101-73)97-55(69(94)81-26-15-27-81)28-39-16-8-6-9-17-39)51(85)24-14-25-76-68(93)45-32-50(82-35-48(77-79-82)42-20-12-22-46(74)30-42)59(87)53(34-45)99-71-62(90)57(60(88)52(5-2)98-71)83-36-49(78-80-83)43-21-13-23-47(75)31-43/h7,10-13,18-23,30-31,35-36,38-40,44-45,50,52-67,71-73,84,86-92H,4-6,8-9,14-17,24-29,32-34,37H2,1-3H3,(H,76,93)/t38?,40-,44?,45+,50?,52?,53-,54-,55+,56+,57-,58-,59?,60+,61+,62?,63+,64?,65?,66?,67?,71+,72+,73-/m1/s1.